The first-order valence-corrected chi connectivity index (χ1v) is 8.71. The molecule has 6 heteroatoms. The maximum Gasteiger partial charge on any atom is 0.270 e. The summed E-state index contributed by atoms with van der Waals surface area (Å²) in [6.07, 6.45) is 0. The van der Waals surface area contributed by atoms with Crippen LogP contribution in [0.2, 0.25) is 5.02 Å². The summed E-state index contributed by atoms with van der Waals surface area (Å²) in [6.45, 7) is 4.86. The van der Waals surface area contributed by atoms with Gasteiger partial charge in [0.2, 0.25) is 0 Å². The van der Waals surface area contributed by atoms with Gasteiger partial charge in [0.25, 0.3) is 5.91 Å². The zero-order valence-electron chi connectivity index (χ0n) is 14.0. The first-order valence-electron chi connectivity index (χ1n) is 8.33. The molecule has 3 aromatic rings. The third kappa shape index (κ3) is 3.17. The van der Waals surface area contributed by atoms with E-state index < -0.39 is 0 Å². The van der Waals surface area contributed by atoms with Crippen LogP contribution >= 0.6 is 11.6 Å². The average molecular weight is 359 g/mol. The topological polar surface area (TPSA) is 47.6 Å². The van der Waals surface area contributed by atoms with Crippen molar-refractivity contribution in [2.75, 3.05) is 26.3 Å². The Morgan fingerprint density at radius 1 is 1.20 bits per heavy atom. The van der Waals surface area contributed by atoms with E-state index in [9.17, 15) is 4.79 Å². The van der Waals surface area contributed by atoms with Crippen LogP contribution in [0.25, 0.3) is 11.1 Å². The second kappa shape index (κ2) is 6.58. The van der Waals surface area contributed by atoms with Crippen LogP contribution in [0.15, 0.2) is 40.8 Å². The van der Waals surface area contributed by atoms with Crippen molar-refractivity contribution in [3.8, 4) is 0 Å². The minimum Gasteiger partial charge on any atom is -0.460 e. The molecule has 1 amide bonds. The van der Waals surface area contributed by atoms with Crippen molar-refractivity contribution in [1.82, 2.24) is 9.47 Å². The molecule has 0 unspecified atom stereocenters. The molecule has 0 aliphatic carbocycles. The highest BCUT2D eigenvalue weighted by molar-refractivity contribution is 6.30. The van der Waals surface area contributed by atoms with E-state index in [1.165, 1.54) is 0 Å². The second-order valence-electron chi connectivity index (χ2n) is 6.26. The van der Waals surface area contributed by atoms with E-state index in [1.54, 1.807) is 0 Å². The summed E-state index contributed by atoms with van der Waals surface area (Å²) in [6, 6.07) is 11.5. The molecule has 0 atom stereocenters. The van der Waals surface area contributed by atoms with Gasteiger partial charge in [0.15, 0.2) is 5.58 Å². The molecule has 1 aromatic carbocycles. The normalized spacial score (nSPS) is 15.0. The number of aromatic nitrogens is 1. The molecular weight excluding hydrogens is 340 g/mol. The Kier molecular flexibility index (Phi) is 4.27. The first kappa shape index (κ1) is 16.2. The van der Waals surface area contributed by atoms with Gasteiger partial charge in [-0.2, -0.15) is 0 Å². The first-order chi connectivity index (χ1) is 12.1. The molecule has 130 valence electrons. The van der Waals surface area contributed by atoms with Gasteiger partial charge in [-0.3, -0.25) is 4.79 Å². The number of hydrogen-bond donors (Lipinski definition) is 0. The smallest absolute Gasteiger partial charge is 0.270 e. The molecule has 25 heavy (non-hydrogen) atoms. The zero-order chi connectivity index (χ0) is 17.4. The van der Waals surface area contributed by atoms with E-state index in [0.29, 0.717) is 43.6 Å². The van der Waals surface area contributed by atoms with E-state index in [0.717, 1.165) is 22.4 Å². The van der Waals surface area contributed by atoms with Crippen molar-refractivity contribution in [2.24, 2.45) is 0 Å². The Bertz CT molecular complexity index is 922. The van der Waals surface area contributed by atoms with Crippen molar-refractivity contribution in [2.45, 2.75) is 13.5 Å². The van der Waals surface area contributed by atoms with Gasteiger partial charge in [-0.1, -0.05) is 23.7 Å². The number of furan rings is 1. The number of benzene rings is 1. The Morgan fingerprint density at radius 3 is 2.76 bits per heavy atom. The lowest BCUT2D eigenvalue weighted by molar-refractivity contribution is 0.0296. The van der Waals surface area contributed by atoms with Crippen LogP contribution in [0.4, 0.5) is 0 Å². The Labute approximate surface area is 150 Å². The minimum absolute atomic E-state index is 0.00869. The zero-order valence-corrected chi connectivity index (χ0v) is 14.8. The summed E-state index contributed by atoms with van der Waals surface area (Å²) in [7, 11) is 0. The molecule has 1 aliphatic heterocycles. The number of ether oxygens (including phenoxy) is 1. The Hall–Kier alpha value is -2.24. The molecule has 0 N–H and O–H groups in total. The van der Waals surface area contributed by atoms with Crippen LogP contribution < -0.4 is 0 Å². The fourth-order valence-electron chi connectivity index (χ4n) is 3.26. The number of halogens is 1. The van der Waals surface area contributed by atoms with Crippen LogP contribution in [0.3, 0.4) is 0 Å². The highest BCUT2D eigenvalue weighted by Crippen LogP contribution is 2.26. The number of fused-ring (bicyclic) bond motifs is 1. The third-order valence-electron chi connectivity index (χ3n) is 4.46. The lowest BCUT2D eigenvalue weighted by atomic mass is 10.2. The summed E-state index contributed by atoms with van der Waals surface area (Å²) in [5, 5.41) is 0.685. The van der Waals surface area contributed by atoms with Gasteiger partial charge >= 0.3 is 0 Å². The van der Waals surface area contributed by atoms with E-state index in [2.05, 4.69) is 0 Å². The summed E-state index contributed by atoms with van der Waals surface area (Å²) in [5.41, 5.74) is 3.33. The maximum absolute atomic E-state index is 13.0. The van der Waals surface area contributed by atoms with Crippen LogP contribution in [-0.2, 0) is 11.3 Å². The van der Waals surface area contributed by atoms with E-state index in [-0.39, 0.29) is 5.91 Å². The molecule has 0 saturated carbocycles. The predicted octanol–water partition coefficient (Wildman–Crippen LogP) is 3.72. The summed E-state index contributed by atoms with van der Waals surface area (Å²) < 4.78 is 13.1. The van der Waals surface area contributed by atoms with Gasteiger partial charge in [-0.05, 0) is 24.6 Å². The lowest BCUT2D eigenvalue weighted by Crippen LogP contribution is -2.41. The average Bonchev–Trinajstić information content (AvgIpc) is 3.12. The fourth-order valence-corrected chi connectivity index (χ4v) is 3.47. The van der Waals surface area contributed by atoms with Crippen molar-refractivity contribution < 1.29 is 13.9 Å². The fraction of sp³-hybridized carbons (Fsp3) is 0.316. The van der Waals surface area contributed by atoms with E-state index in [1.807, 2.05) is 52.8 Å². The van der Waals surface area contributed by atoms with Gasteiger partial charge in [0.1, 0.15) is 11.5 Å². The standard InChI is InChI=1S/C19H19ClN2O3/c1-13-9-16-18(25-13)11-17(19(23)21-5-7-24-8-6-21)22(16)12-14-3-2-4-15(20)10-14/h2-4,9-11H,5-8,12H2,1H3. The van der Waals surface area contributed by atoms with Crippen molar-refractivity contribution in [3.63, 3.8) is 0 Å². The molecule has 4 rings (SSSR count). The Morgan fingerprint density at radius 2 is 2.00 bits per heavy atom. The minimum atomic E-state index is 0.00869. The van der Waals surface area contributed by atoms with Gasteiger partial charge in [-0.25, -0.2) is 0 Å². The van der Waals surface area contributed by atoms with Crippen LogP contribution in [0, 0.1) is 6.92 Å². The number of rotatable bonds is 3. The second-order valence-corrected chi connectivity index (χ2v) is 6.69. The molecular formula is C19H19ClN2O3. The lowest BCUT2D eigenvalue weighted by Gasteiger charge is -2.27. The summed E-state index contributed by atoms with van der Waals surface area (Å²) >= 11 is 6.11. The number of carbonyl (C=O) groups is 1. The van der Waals surface area contributed by atoms with Crippen LogP contribution in [0.5, 0.6) is 0 Å². The monoisotopic (exact) mass is 358 g/mol. The molecule has 0 bridgehead atoms. The molecule has 1 saturated heterocycles. The summed E-state index contributed by atoms with van der Waals surface area (Å²) in [5.74, 6) is 0.838. The molecule has 3 heterocycles. The molecule has 1 aliphatic rings. The molecule has 1 fully saturated rings. The number of aryl methyl sites for hydroxylation is 1. The van der Waals surface area contributed by atoms with Gasteiger partial charge in [0.05, 0.1) is 18.7 Å². The SMILES string of the molecule is Cc1cc2c(cc(C(=O)N3CCOCC3)n2Cc2cccc(Cl)c2)o1. The van der Waals surface area contributed by atoms with Crippen LogP contribution in [-0.4, -0.2) is 41.7 Å². The molecule has 0 spiro atoms. The number of amides is 1. The highest BCUT2D eigenvalue weighted by atomic mass is 35.5. The number of morpholine rings is 1. The van der Waals surface area contributed by atoms with Crippen LogP contribution in [0.1, 0.15) is 21.8 Å². The molecule has 2 aromatic heterocycles. The molecule has 5 nitrogen and oxygen atoms in total. The largest absolute Gasteiger partial charge is 0.460 e. The van der Waals surface area contributed by atoms with E-state index in [4.69, 9.17) is 20.8 Å². The van der Waals surface area contributed by atoms with Crippen molar-refractivity contribution in [3.05, 3.63) is 58.4 Å². The number of hydrogen-bond acceptors (Lipinski definition) is 3. The summed E-state index contributed by atoms with van der Waals surface area (Å²) in [4.78, 5) is 14.8. The number of nitrogens with zero attached hydrogens (tertiary/aromatic N) is 2. The predicted molar refractivity (Wildman–Crippen MR) is 96.2 cm³/mol. The quantitative estimate of drug-likeness (QED) is 0.717. The van der Waals surface area contributed by atoms with Gasteiger partial charge < -0.3 is 18.6 Å². The molecule has 0 radical (unpaired) electrons. The third-order valence-corrected chi connectivity index (χ3v) is 4.70. The van der Waals surface area contributed by atoms with E-state index >= 15 is 0 Å². The van der Waals surface area contributed by atoms with Gasteiger partial charge in [0, 0.05) is 36.8 Å². The van der Waals surface area contributed by atoms with Gasteiger partial charge in [-0.15, -0.1) is 0 Å². The Balaban J connectivity index is 1.75. The van der Waals surface area contributed by atoms with Crippen molar-refractivity contribution in [1.29, 1.82) is 0 Å². The van der Waals surface area contributed by atoms with Crippen molar-refractivity contribution >= 4 is 28.6 Å². The maximum atomic E-state index is 13.0. The highest BCUT2D eigenvalue weighted by Gasteiger charge is 2.24. The number of carbonyl (C=O) groups excluding carboxylic acids is 1.